The van der Waals surface area contributed by atoms with Crippen LogP contribution < -0.4 is 4.74 Å². The molecule has 1 saturated heterocycles. The molecule has 10 heteroatoms. The van der Waals surface area contributed by atoms with Gasteiger partial charge in [-0.3, -0.25) is 4.79 Å². The molecule has 1 unspecified atom stereocenters. The standard InChI is InChI=1S/C22H21N7O3/c1-2-31-20-16(8-5-11-23-20)19-26-21(32-27-19)18-10-6-14-28(18)22(30)15-7-3-4-9-17(15)29-24-12-13-25-29/h3-5,7-9,11-13,18H,2,6,10,14H2,1H3. The molecular formula is C22H21N7O3. The van der Waals surface area contributed by atoms with E-state index < -0.39 is 0 Å². The molecule has 0 spiro atoms. The fourth-order valence-electron chi connectivity index (χ4n) is 3.88. The minimum Gasteiger partial charge on any atom is -0.477 e. The van der Waals surface area contributed by atoms with Crippen LogP contribution in [0.3, 0.4) is 0 Å². The fraction of sp³-hybridized carbons (Fsp3) is 0.273. The molecule has 1 aliphatic heterocycles. The first-order valence-electron chi connectivity index (χ1n) is 10.4. The van der Waals surface area contributed by atoms with Gasteiger partial charge in [-0.2, -0.15) is 20.0 Å². The summed E-state index contributed by atoms with van der Waals surface area (Å²) >= 11 is 0. The zero-order valence-corrected chi connectivity index (χ0v) is 17.5. The number of aromatic nitrogens is 6. The summed E-state index contributed by atoms with van der Waals surface area (Å²) in [4.78, 5) is 25.5. The molecule has 0 radical (unpaired) electrons. The Morgan fingerprint density at radius 3 is 2.84 bits per heavy atom. The molecule has 5 rings (SSSR count). The highest BCUT2D eigenvalue weighted by molar-refractivity contribution is 5.98. The molecular weight excluding hydrogens is 410 g/mol. The van der Waals surface area contributed by atoms with E-state index in [0.717, 1.165) is 12.8 Å². The van der Waals surface area contributed by atoms with E-state index in [-0.39, 0.29) is 11.9 Å². The van der Waals surface area contributed by atoms with Gasteiger partial charge in [-0.15, -0.1) is 0 Å². The van der Waals surface area contributed by atoms with Gasteiger partial charge in [0.05, 0.1) is 35.8 Å². The van der Waals surface area contributed by atoms with Gasteiger partial charge in [-0.1, -0.05) is 17.3 Å². The second kappa shape index (κ2) is 8.58. The van der Waals surface area contributed by atoms with E-state index in [2.05, 4.69) is 25.3 Å². The van der Waals surface area contributed by atoms with E-state index in [0.29, 0.717) is 47.6 Å². The SMILES string of the molecule is CCOc1ncccc1-c1noc(C2CCCN2C(=O)c2ccccc2-n2nccn2)n1. The van der Waals surface area contributed by atoms with E-state index in [9.17, 15) is 4.79 Å². The largest absolute Gasteiger partial charge is 0.477 e. The van der Waals surface area contributed by atoms with Crippen molar-refractivity contribution >= 4 is 5.91 Å². The minimum absolute atomic E-state index is 0.128. The van der Waals surface area contributed by atoms with E-state index in [1.54, 1.807) is 35.6 Å². The smallest absolute Gasteiger partial charge is 0.256 e. The highest BCUT2D eigenvalue weighted by Gasteiger charge is 2.35. The molecule has 10 nitrogen and oxygen atoms in total. The summed E-state index contributed by atoms with van der Waals surface area (Å²) in [6.07, 6.45) is 6.39. The Hall–Kier alpha value is -4.08. The molecule has 1 aliphatic rings. The van der Waals surface area contributed by atoms with Gasteiger partial charge >= 0.3 is 0 Å². The number of ether oxygens (including phenoxy) is 1. The predicted octanol–water partition coefficient (Wildman–Crippen LogP) is 3.09. The number of hydrogen-bond donors (Lipinski definition) is 0. The number of carbonyl (C=O) groups is 1. The molecule has 3 aromatic heterocycles. The number of pyridine rings is 1. The van der Waals surface area contributed by atoms with Gasteiger partial charge in [-0.05, 0) is 44.0 Å². The second-order valence-electron chi connectivity index (χ2n) is 7.24. The average Bonchev–Trinajstić information content (AvgIpc) is 3.61. The Morgan fingerprint density at radius 2 is 2.00 bits per heavy atom. The molecule has 0 aliphatic carbocycles. The summed E-state index contributed by atoms with van der Waals surface area (Å²) in [6.45, 7) is 2.96. The van der Waals surface area contributed by atoms with Crippen LogP contribution in [0.2, 0.25) is 0 Å². The number of hydrogen-bond acceptors (Lipinski definition) is 8. The first-order chi connectivity index (χ1) is 15.8. The third kappa shape index (κ3) is 3.59. The summed E-state index contributed by atoms with van der Waals surface area (Å²) in [7, 11) is 0. The quantitative estimate of drug-likeness (QED) is 0.458. The van der Waals surface area contributed by atoms with E-state index in [1.807, 2.05) is 31.2 Å². The monoisotopic (exact) mass is 431 g/mol. The molecule has 1 aromatic carbocycles. The van der Waals surface area contributed by atoms with Gasteiger partial charge in [0.2, 0.25) is 17.6 Å². The van der Waals surface area contributed by atoms with Crippen molar-refractivity contribution in [2.24, 2.45) is 0 Å². The van der Waals surface area contributed by atoms with Crippen LogP contribution in [0.5, 0.6) is 5.88 Å². The van der Waals surface area contributed by atoms with Crippen molar-refractivity contribution in [1.82, 2.24) is 35.0 Å². The summed E-state index contributed by atoms with van der Waals surface area (Å²) < 4.78 is 11.2. The molecule has 1 amide bonds. The molecule has 4 heterocycles. The Labute approximate surface area is 183 Å². The summed E-state index contributed by atoms with van der Waals surface area (Å²) in [5.41, 5.74) is 1.78. The highest BCUT2D eigenvalue weighted by atomic mass is 16.5. The van der Waals surface area contributed by atoms with E-state index in [1.165, 1.54) is 4.80 Å². The lowest BCUT2D eigenvalue weighted by molar-refractivity contribution is 0.0709. The van der Waals surface area contributed by atoms with Crippen LogP contribution in [0.15, 0.2) is 59.5 Å². The predicted molar refractivity (Wildman–Crippen MR) is 113 cm³/mol. The zero-order chi connectivity index (χ0) is 21.9. The number of nitrogens with zero attached hydrogens (tertiary/aromatic N) is 7. The maximum absolute atomic E-state index is 13.5. The highest BCUT2D eigenvalue weighted by Crippen LogP contribution is 2.35. The first-order valence-corrected chi connectivity index (χ1v) is 10.4. The third-order valence-corrected chi connectivity index (χ3v) is 5.30. The lowest BCUT2D eigenvalue weighted by Crippen LogP contribution is -2.31. The average molecular weight is 431 g/mol. The maximum Gasteiger partial charge on any atom is 0.256 e. The Kier molecular flexibility index (Phi) is 5.32. The summed E-state index contributed by atoms with van der Waals surface area (Å²) in [5, 5.41) is 12.5. The van der Waals surface area contributed by atoms with Crippen LogP contribution in [0.25, 0.3) is 17.1 Å². The maximum atomic E-state index is 13.5. The second-order valence-corrected chi connectivity index (χ2v) is 7.24. The molecule has 4 aromatic rings. The first kappa shape index (κ1) is 19.9. The minimum atomic E-state index is -0.311. The molecule has 0 bridgehead atoms. The number of likely N-dealkylation sites (tertiary alicyclic amines) is 1. The van der Waals surface area contributed by atoms with Crippen LogP contribution in [0.4, 0.5) is 0 Å². The van der Waals surface area contributed by atoms with Crippen molar-refractivity contribution in [3.63, 3.8) is 0 Å². The van der Waals surface area contributed by atoms with Crippen molar-refractivity contribution < 1.29 is 14.1 Å². The molecule has 0 saturated carbocycles. The fourth-order valence-corrected chi connectivity index (χ4v) is 3.88. The summed E-state index contributed by atoms with van der Waals surface area (Å²) in [5.74, 6) is 1.10. The number of amides is 1. The normalized spacial score (nSPS) is 15.8. The molecule has 32 heavy (non-hydrogen) atoms. The van der Waals surface area contributed by atoms with Crippen LogP contribution in [-0.4, -0.2) is 54.1 Å². The van der Waals surface area contributed by atoms with Crippen LogP contribution in [-0.2, 0) is 0 Å². The van der Waals surface area contributed by atoms with Gasteiger partial charge < -0.3 is 14.2 Å². The molecule has 0 N–H and O–H groups in total. The number of rotatable bonds is 6. The number of para-hydroxylation sites is 1. The van der Waals surface area contributed by atoms with Gasteiger partial charge in [0.25, 0.3) is 5.91 Å². The van der Waals surface area contributed by atoms with Gasteiger partial charge in [-0.25, -0.2) is 4.98 Å². The van der Waals surface area contributed by atoms with Crippen molar-refractivity contribution in [2.45, 2.75) is 25.8 Å². The topological polar surface area (TPSA) is 112 Å². The van der Waals surface area contributed by atoms with Crippen LogP contribution in [0, 0.1) is 0 Å². The lowest BCUT2D eigenvalue weighted by Gasteiger charge is -2.22. The number of carbonyl (C=O) groups excluding carboxylic acids is 1. The van der Waals surface area contributed by atoms with Crippen molar-refractivity contribution in [2.75, 3.05) is 13.2 Å². The van der Waals surface area contributed by atoms with Gasteiger partial charge in [0, 0.05) is 12.7 Å². The van der Waals surface area contributed by atoms with Gasteiger partial charge in [0.15, 0.2) is 0 Å². The molecule has 1 fully saturated rings. The lowest BCUT2D eigenvalue weighted by atomic mass is 10.1. The van der Waals surface area contributed by atoms with E-state index in [4.69, 9.17) is 9.26 Å². The summed E-state index contributed by atoms with van der Waals surface area (Å²) in [6, 6.07) is 10.6. The Morgan fingerprint density at radius 1 is 1.16 bits per heavy atom. The van der Waals surface area contributed by atoms with Crippen LogP contribution in [0.1, 0.15) is 42.1 Å². The Bertz CT molecular complexity index is 1220. The Balaban J connectivity index is 1.44. The van der Waals surface area contributed by atoms with Crippen molar-refractivity contribution in [3.8, 4) is 23.0 Å². The number of benzene rings is 1. The van der Waals surface area contributed by atoms with Gasteiger partial charge in [0.1, 0.15) is 6.04 Å². The molecule has 1 atom stereocenters. The van der Waals surface area contributed by atoms with Crippen LogP contribution >= 0.6 is 0 Å². The zero-order valence-electron chi connectivity index (χ0n) is 17.5. The van der Waals surface area contributed by atoms with Crippen molar-refractivity contribution in [1.29, 1.82) is 0 Å². The van der Waals surface area contributed by atoms with Crippen molar-refractivity contribution in [3.05, 3.63) is 66.4 Å². The molecule has 162 valence electrons. The van der Waals surface area contributed by atoms with E-state index >= 15 is 0 Å². The third-order valence-electron chi connectivity index (χ3n) is 5.30.